The Morgan fingerprint density at radius 1 is 1.44 bits per heavy atom. The number of anilines is 1. The van der Waals surface area contributed by atoms with Crippen LogP contribution < -0.4 is 10.6 Å². The van der Waals surface area contributed by atoms with Gasteiger partial charge in [-0.1, -0.05) is 0 Å². The Balaban J connectivity index is 1.99. The van der Waals surface area contributed by atoms with E-state index in [2.05, 4.69) is 27.6 Å². The first-order chi connectivity index (χ1) is 8.69. The Labute approximate surface area is 108 Å². The van der Waals surface area contributed by atoms with Gasteiger partial charge in [-0.05, 0) is 45.1 Å². The zero-order valence-corrected chi connectivity index (χ0v) is 10.9. The Kier molecular flexibility index (Phi) is 4.15. The molecule has 5 nitrogen and oxygen atoms in total. The van der Waals surface area contributed by atoms with Gasteiger partial charge in [-0.2, -0.15) is 0 Å². The van der Waals surface area contributed by atoms with Crippen molar-refractivity contribution in [2.24, 2.45) is 0 Å². The molecule has 1 saturated heterocycles. The van der Waals surface area contributed by atoms with E-state index in [0.29, 0.717) is 11.7 Å². The van der Waals surface area contributed by atoms with Crippen molar-refractivity contribution in [1.82, 2.24) is 15.2 Å². The zero-order chi connectivity index (χ0) is 13.0. The first-order valence-electron chi connectivity index (χ1n) is 6.32. The van der Waals surface area contributed by atoms with Crippen LogP contribution in [0.4, 0.5) is 5.69 Å². The van der Waals surface area contributed by atoms with Crippen molar-refractivity contribution < 1.29 is 4.79 Å². The molecule has 0 spiro atoms. The Bertz CT molecular complexity index is 413. The second-order valence-corrected chi connectivity index (χ2v) is 4.73. The van der Waals surface area contributed by atoms with Crippen molar-refractivity contribution in [3.05, 3.63) is 24.0 Å². The summed E-state index contributed by atoms with van der Waals surface area (Å²) in [5, 5.41) is 6.06. The Hall–Kier alpha value is -1.62. The van der Waals surface area contributed by atoms with E-state index < -0.39 is 0 Å². The van der Waals surface area contributed by atoms with E-state index in [1.165, 1.54) is 0 Å². The normalized spacial score (nSPS) is 17.4. The summed E-state index contributed by atoms with van der Waals surface area (Å²) >= 11 is 0. The van der Waals surface area contributed by atoms with Crippen LogP contribution in [-0.4, -0.2) is 49.0 Å². The van der Waals surface area contributed by atoms with Gasteiger partial charge in [0.1, 0.15) is 5.69 Å². The van der Waals surface area contributed by atoms with Crippen LogP contribution in [0.25, 0.3) is 0 Å². The molecule has 2 heterocycles. The van der Waals surface area contributed by atoms with Gasteiger partial charge in [-0.25, -0.2) is 0 Å². The topological polar surface area (TPSA) is 57.3 Å². The predicted octanol–water partition coefficient (Wildman–Crippen LogP) is 0.947. The number of carbonyl (C=O) groups excluding carboxylic acids is 1. The van der Waals surface area contributed by atoms with Gasteiger partial charge in [0, 0.05) is 25.0 Å². The minimum atomic E-state index is -0.151. The summed E-state index contributed by atoms with van der Waals surface area (Å²) < 4.78 is 0. The van der Waals surface area contributed by atoms with Gasteiger partial charge in [0.2, 0.25) is 0 Å². The standard InChI is InChI=1S/C13H20N4O/c1-14-13(18)12-9-11(3-6-15-12)16-10-4-7-17(2)8-5-10/h3,6,9-10H,4-5,7-8H2,1-2H3,(H,14,18)(H,15,16). The van der Waals surface area contributed by atoms with Crippen molar-refractivity contribution in [2.75, 3.05) is 32.5 Å². The highest BCUT2D eigenvalue weighted by molar-refractivity contribution is 5.92. The lowest BCUT2D eigenvalue weighted by Gasteiger charge is -2.30. The average molecular weight is 248 g/mol. The van der Waals surface area contributed by atoms with E-state index in [-0.39, 0.29) is 5.91 Å². The highest BCUT2D eigenvalue weighted by Gasteiger charge is 2.16. The van der Waals surface area contributed by atoms with Crippen LogP contribution >= 0.6 is 0 Å². The maximum absolute atomic E-state index is 11.5. The summed E-state index contributed by atoms with van der Waals surface area (Å²) in [6.07, 6.45) is 3.93. The van der Waals surface area contributed by atoms with Crippen molar-refractivity contribution in [2.45, 2.75) is 18.9 Å². The van der Waals surface area contributed by atoms with E-state index in [4.69, 9.17) is 0 Å². The molecule has 18 heavy (non-hydrogen) atoms. The fourth-order valence-corrected chi connectivity index (χ4v) is 2.16. The molecule has 0 saturated carbocycles. The summed E-state index contributed by atoms with van der Waals surface area (Å²) in [7, 11) is 3.76. The van der Waals surface area contributed by atoms with Crippen LogP contribution in [-0.2, 0) is 0 Å². The molecule has 0 aliphatic carbocycles. The van der Waals surface area contributed by atoms with Crippen LogP contribution in [0.2, 0.25) is 0 Å². The highest BCUT2D eigenvalue weighted by atomic mass is 16.1. The molecule has 0 atom stereocenters. The van der Waals surface area contributed by atoms with Crippen LogP contribution in [0.3, 0.4) is 0 Å². The van der Waals surface area contributed by atoms with Gasteiger partial charge in [-0.3, -0.25) is 9.78 Å². The van der Waals surface area contributed by atoms with Gasteiger partial charge < -0.3 is 15.5 Å². The average Bonchev–Trinajstić information content (AvgIpc) is 2.41. The molecule has 2 rings (SSSR count). The van der Waals surface area contributed by atoms with Gasteiger partial charge in [0.05, 0.1) is 0 Å². The number of hydrogen-bond acceptors (Lipinski definition) is 4. The largest absolute Gasteiger partial charge is 0.382 e. The second-order valence-electron chi connectivity index (χ2n) is 4.73. The molecular formula is C13H20N4O. The lowest BCUT2D eigenvalue weighted by Crippen LogP contribution is -2.36. The van der Waals surface area contributed by atoms with Crippen LogP contribution in [0.15, 0.2) is 18.3 Å². The highest BCUT2D eigenvalue weighted by Crippen LogP contribution is 2.16. The molecule has 1 fully saturated rings. The minimum absolute atomic E-state index is 0.151. The van der Waals surface area contributed by atoms with E-state index >= 15 is 0 Å². The SMILES string of the molecule is CNC(=O)c1cc(NC2CCN(C)CC2)ccn1. The lowest BCUT2D eigenvalue weighted by molar-refractivity contribution is 0.0958. The molecule has 0 unspecified atom stereocenters. The maximum atomic E-state index is 11.5. The fraction of sp³-hybridized carbons (Fsp3) is 0.538. The molecule has 0 bridgehead atoms. The van der Waals surface area contributed by atoms with Gasteiger partial charge in [-0.15, -0.1) is 0 Å². The summed E-state index contributed by atoms with van der Waals surface area (Å²) in [6, 6.07) is 4.20. The van der Waals surface area contributed by atoms with Crippen LogP contribution in [0.5, 0.6) is 0 Å². The zero-order valence-electron chi connectivity index (χ0n) is 10.9. The van der Waals surface area contributed by atoms with E-state index in [0.717, 1.165) is 31.6 Å². The molecule has 1 aliphatic rings. The third-order valence-corrected chi connectivity index (χ3v) is 3.31. The summed E-state index contributed by atoms with van der Waals surface area (Å²) in [5.74, 6) is -0.151. The number of carbonyl (C=O) groups is 1. The molecule has 1 aromatic rings. The molecule has 98 valence electrons. The summed E-state index contributed by atoms with van der Waals surface area (Å²) in [6.45, 7) is 2.23. The van der Waals surface area contributed by atoms with Crippen molar-refractivity contribution in [1.29, 1.82) is 0 Å². The third-order valence-electron chi connectivity index (χ3n) is 3.31. The third kappa shape index (κ3) is 3.20. The first kappa shape index (κ1) is 12.8. The number of nitrogens with one attached hydrogen (secondary N) is 2. The molecule has 1 aromatic heterocycles. The molecule has 0 radical (unpaired) electrons. The quantitative estimate of drug-likeness (QED) is 0.836. The number of amides is 1. The Morgan fingerprint density at radius 2 is 2.17 bits per heavy atom. The van der Waals surface area contributed by atoms with Crippen molar-refractivity contribution in [3.63, 3.8) is 0 Å². The molecular weight excluding hydrogens is 228 g/mol. The molecule has 1 amide bonds. The number of likely N-dealkylation sites (tertiary alicyclic amines) is 1. The van der Waals surface area contributed by atoms with Crippen molar-refractivity contribution in [3.8, 4) is 0 Å². The predicted molar refractivity (Wildman–Crippen MR) is 71.8 cm³/mol. The van der Waals surface area contributed by atoms with Gasteiger partial charge in [0.25, 0.3) is 5.91 Å². The first-order valence-corrected chi connectivity index (χ1v) is 6.32. The van der Waals surface area contributed by atoms with Crippen LogP contribution in [0.1, 0.15) is 23.3 Å². The van der Waals surface area contributed by atoms with E-state index in [1.54, 1.807) is 19.3 Å². The number of hydrogen-bond donors (Lipinski definition) is 2. The molecule has 1 aliphatic heterocycles. The number of aromatic nitrogens is 1. The number of rotatable bonds is 3. The molecule has 2 N–H and O–H groups in total. The van der Waals surface area contributed by atoms with E-state index in [9.17, 15) is 4.79 Å². The number of nitrogens with zero attached hydrogens (tertiary/aromatic N) is 2. The number of pyridine rings is 1. The molecule has 0 aromatic carbocycles. The summed E-state index contributed by atoms with van der Waals surface area (Å²) in [4.78, 5) is 17.9. The van der Waals surface area contributed by atoms with E-state index in [1.807, 2.05) is 6.07 Å². The summed E-state index contributed by atoms with van der Waals surface area (Å²) in [5.41, 5.74) is 1.42. The van der Waals surface area contributed by atoms with Gasteiger partial charge >= 0.3 is 0 Å². The Morgan fingerprint density at radius 3 is 2.83 bits per heavy atom. The minimum Gasteiger partial charge on any atom is -0.382 e. The smallest absolute Gasteiger partial charge is 0.269 e. The second kappa shape index (κ2) is 5.82. The lowest BCUT2D eigenvalue weighted by atomic mass is 10.1. The fourth-order valence-electron chi connectivity index (χ4n) is 2.16. The van der Waals surface area contributed by atoms with Crippen molar-refractivity contribution >= 4 is 11.6 Å². The number of piperidine rings is 1. The maximum Gasteiger partial charge on any atom is 0.269 e. The van der Waals surface area contributed by atoms with Crippen LogP contribution in [0, 0.1) is 0 Å². The monoisotopic (exact) mass is 248 g/mol. The van der Waals surface area contributed by atoms with Gasteiger partial charge in [0.15, 0.2) is 0 Å². The molecule has 5 heteroatoms.